The molecule has 0 aliphatic heterocycles. The molecule has 98 valence electrons. The van der Waals surface area contributed by atoms with Crippen LogP contribution in [0.3, 0.4) is 0 Å². The summed E-state index contributed by atoms with van der Waals surface area (Å²) in [6.07, 6.45) is 0. The molecule has 0 atom stereocenters. The van der Waals surface area contributed by atoms with Crippen LogP contribution in [0, 0.1) is 13.8 Å². The topological polar surface area (TPSA) is 41.1 Å². The van der Waals surface area contributed by atoms with Crippen molar-refractivity contribution in [2.75, 3.05) is 10.6 Å². The molecule has 0 aliphatic rings. The average molecular weight is 275 g/mol. The molecule has 0 aromatic heterocycles. The lowest BCUT2D eigenvalue weighted by Gasteiger charge is -2.09. The number of urea groups is 1. The first-order chi connectivity index (χ1) is 9.02. The number of aryl methyl sites for hydroxylation is 2. The first-order valence-electron chi connectivity index (χ1n) is 5.95. The molecule has 0 aliphatic carbocycles. The van der Waals surface area contributed by atoms with Gasteiger partial charge in [0.2, 0.25) is 0 Å². The summed E-state index contributed by atoms with van der Waals surface area (Å²) in [6.45, 7) is 3.99. The first-order valence-corrected chi connectivity index (χ1v) is 6.32. The van der Waals surface area contributed by atoms with Crippen molar-refractivity contribution in [3.63, 3.8) is 0 Å². The minimum Gasteiger partial charge on any atom is -0.308 e. The summed E-state index contributed by atoms with van der Waals surface area (Å²) in [5.74, 6) is 0. The fourth-order valence-electron chi connectivity index (χ4n) is 1.91. The van der Waals surface area contributed by atoms with Crippen molar-refractivity contribution in [1.82, 2.24) is 0 Å². The summed E-state index contributed by atoms with van der Waals surface area (Å²) in [5, 5.41) is 6.12. The van der Waals surface area contributed by atoms with Gasteiger partial charge >= 0.3 is 6.03 Å². The zero-order valence-corrected chi connectivity index (χ0v) is 11.6. The van der Waals surface area contributed by atoms with E-state index in [-0.39, 0.29) is 6.03 Å². The Labute approximate surface area is 117 Å². The number of anilines is 2. The second-order valence-electron chi connectivity index (χ2n) is 4.47. The van der Waals surface area contributed by atoms with E-state index in [0.717, 1.165) is 16.8 Å². The third kappa shape index (κ3) is 4.00. The molecule has 0 unspecified atom stereocenters. The molecule has 2 aromatic carbocycles. The number of carbonyl (C=O) groups is 1. The van der Waals surface area contributed by atoms with Crippen molar-refractivity contribution < 1.29 is 4.79 Å². The van der Waals surface area contributed by atoms with Gasteiger partial charge in [-0.15, -0.1) is 0 Å². The van der Waals surface area contributed by atoms with Crippen molar-refractivity contribution >= 4 is 29.0 Å². The van der Waals surface area contributed by atoms with Gasteiger partial charge in [0.1, 0.15) is 0 Å². The van der Waals surface area contributed by atoms with Crippen molar-refractivity contribution in [2.24, 2.45) is 0 Å². The third-order valence-corrected chi connectivity index (χ3v) is 2.80. The van der Waals surface area contributed by atoms with Crippen LogP contribution in [-0.2, 0) is 0 Å². The number of carbonyl (C=O) groups excluding carboxylic acids is 1. The van der Waals surface area contributed by atoms with E-state index in [1.54, 1.807) is 24.3 Å². The Morgan fingerprint density at radius 2 is 1.58 bits per heavy atom. The number of rotatable bonds is 2. The maximum Gasteiger partial charge on any atom is 0.323 e. The number of hydrogen-bond donors (Lipinski definition) is 2. The number of amides is 2. The lowest BCUT2D eigenvalue weighted by atomic mass is 10.1. The molecule has 0 saturated carbocycles. The smallest absolute Gasteiger partial charge is 0.308 e. The zero-order chi connectivity index (χ0) is 13.8. The zero-order valence-electron chi connectivity index (χ0n) is 10.8. The minimum atomic E-state index is -0.285. The van der Waals surface area contributed by atoms with Gasteiger partial charge in [0.05, 0.1) is 0 Å². The van der Waals surface area contributed by atoms with E-state index in [1.165, 1.54) is 0 Å². The van der Waals surface area contributed by atoms with Crippen LogP contribution in [0.2, 0.25) is 5.02 Å². The Morgan fingerprint density at radius 3 is 2.21 bits per heavy atom. The Bertz CT molecular complexity index is 591. The summed E-state index contributed by atoms with van der Waals surface area (Å²) in [5.41, 5.74) is 3.66. The van der Waals surface area contributed by atoms with Crippen LogP contribution in [0.1, 0.15) is 11.1 Å². The molecule has 0 radical (unpaired) electrons. The molecule has 2 N–H and O–H groups in total. The predicted molar refractivity (Wildman–Crippen MR) is 80.0 cm³/mol. The van der Waals surface area contributed by atoms with Crippen molar-refractivity contribution in [1.29, 1.82) is 0 Å². The Balaban J connectivity index is 2.05. The molecular weight excluding hydrogens is 260 g/mol. The molecule has 0 spiro atoms. The number of halogens is 1. The summed E-state index contributed by atoms with van der Waals surface area (Å²) in [7, 11) is 0. The van der Waals surface area contributed by atoms with E-state index in [0.29, 0.717) is 10.7 Å². The Hall–Kier alpha value is -2.00. The average Bonchev–Trinajstić information content (AvgIpc) is 2.26. The van der Waals surface area contributed by atoms with Crippen LogP contribution in [-0.4, -0.2) is 6.03 Å². The lowest BCUT2D eigenvalue weighted by Crippen LogP contribution is -2.19. The highest BCUT2D eigenvalue weighted by Gasteiger charge is 2.03. The minimum absolute atomic E-state index is 0.285. The molecule has 0 heterocycles. The molecule has 4 heteroatoms. The van der Waals surface area contributed by atoms with E-state index < -0.39 is 0 Å². The van der Waals surface area contributed by atoms with Crippen molar-refractivity contribution in [3.8, 4) is 0 Å². The molecule has 2 rings (SSSR count). The van der Waals surface area contributed by atoms with Gasteiger partial charge < -0.3 is 10.6 Å². The maximum absolute atomic E-state index is 11.9. The van der Waals surface area contributed by atoms with Gasteiger partial charge in [-0.3, -0.25) is 0 Å². The Morgan fingerprint density at radius 1 is 0.947 bits per heavy atom. The molecule has 0 bridgehead atoms. The summed E-state index contributed by atoms with van der Waals surface area (Å²) >= 11 is 5.86. The number of benzene rings is 2. The van der Waals surface area contributed by atoms with Crippen LogP contribution < -0.4 is 10.6 Å². The van der Waals surface area contributed by atoms with Gasteiger partial charge in [-0.1, -0.05) is 23.7 Å². The lowest BCUT2D eigenvalue weighted by molar-refractivity contribution is 0.262. The van der Waals surface area contributed by atoms with Crippen LogP contribution in [0.4, 0.5) is 16.2 Å². The van der Waals surface area contributed by atoms with E-state index in [9.17, 15) is 4.79 Å². The van der Waals surface area contributed by atoms with Gasteiger partial charge in [0, 0.05) is 16.4 Å². The monoisotopic (exact) mass is 274 g/mol. The SMILES string of the molecule is Cc1cc(C)cc(NC(=O)Nc2cccc(Cl)c2)c1. The van der Waals surface area contributed by atoms with E-state index in [4.69, 9.17) is 11.6 Å². The fourth-order valence-corrected chi connectivity index (χ4v) is 2.10. The summed E-state index contributed by atoms with van der Waals surface area (Å²) in [4.78, 5) is 11.9. The van der Waals surface area contributed by atoms with Gasteiger partial charge in [-0.2, -0.15) is 0 Å². The first kappa shape index (κ1) is 13.4. The molecule has 2 amide bonds. The highest BCUT2D eigenvalue weighted by molar-refractivity contribution is 6.30. The number of hydrogen-bond acceptors (Lipinski definition) is 1. The molecule has 0 saturated heterocycles. The van der Waals surface area contributed by atoms with E-state index in [1.807, 2.05) is 26.0 Å². The van der Waals surface area contributed by atoms with Crippen molar-refractivity contribution in [2.45, 2.75) is 13.8 Å². The van der Waals surface area contributed by atoms with Gasteiger partial charge in [0.25, 0.3) is 0 Å². The van der Waals surface area contributed by atoms with Crippen LogP contribution in [0.15, 0.2) is 42.5 Å². The molecular formula is C15H15ClN2O. The fraction of sp³-hybridized carbons (Fsp3) is 0.133. The van der Waals surface area contributed by atoms with Crippen LogP contribution in [0.25, 0.3) is 0 Å². The van der Waals surface area contributed by atoms with Crippen molar-refractivity contribution in [3.05, 3.63) is 58.6 Å². The number of nitrogens with one attached hydrogen (secondary N) is 2. The van der Waals surface area contributed by atoms with Crippen LogP contribution >= 0.6 is 11.6 Å². The second-order valence-corrected chi connectivity index (χ2v) is 4.90. The third-order valence-electron chi connectivity index (χ3n) is 2.56. The molecule has 19 heavy (non-hydrogen) atoms. The molecule has 3 nitrogen and oxygen atoms in total. The standard InChI is InChI=1S/C15H15ClN2O/c1-10-6-11(2)8-14(7-10)18-15(19)17-13-5-3-4-12(16)9-13/h3-9H,1-2H3,(H2,17,18,19). The van der Waals surface area contributed by atoms with Crippen LogP contribution in [0.5, 0.6) is 0 Å². The highest BCUT2D eigenvalue weighted by Crippen LogP contribution is 2.17. The van der Waals surface area contributed by atoms with E-state index >= 15 is 0 Å². The molecule has 2 aromatic rings. The normalized spacial score (nSPS) is 10.1. The maximum atomic E-state index is 11.9. The second kappa shape index (κ2) is 5.76. The van der Waals surface area contributed by atoms with Gasteiger partial charge in [-0.05, 0) is 55.3 Å². The largest absolute Gasteiger partial charge is 0.323 e. The summed E-state index contributed by atoms with van der Waals surface area (Å²) in [6, 6.07) is 12.6. The van der Waals surface area contributed by atoms with Gasteiger partial charge in [0.15, 0.2) is 0 Å². The quantitative estimate of drug-likeness (QED) is 0.825. The molecule has 0 fully saturated rings. The summed E-state index contributed by atoms with van der Waals surface area (Å²) < 4.78 is 0. The van der Waals surface area contributed by atoms with E-state index in [2.05, 4.69) is 16.7 Å². The Kier molecular flexibility index (Phi) is 4.07. The highest BCUT2D eigenvalue weighted by atomic mass is 35.5. The van der Waals surface area contributed by atoms with Gasteiger partial charge in [-0.25, -0.2) is 4.79 Å². The predicted octanol–water partition coefficient (Wildman–Crippen LogP) is 4.60.